The number of thiazole rings is 1. The minimum absolute atomic E-state index is 0.0153. The molecule has 12 nitrogen and oxygen atoms in total. The highest BCUT2D eigenvalue weighted by atomic mass is 79.9. The number of ether oxygens (including phenoxy) is 4. The zero-order chi connectivity index (χ0) is 35.4. The fourth-order valence-electron chi connectivity index (χ4n) is 5.26. The van der Waals surface area contributed by atoms with Gasteiger partial charge in [-0.2, -0.15) is 5.26 Å². The molecule has 5 rings (SSSR count). The van der Waals surface area contributed by atoms with Gasteiger partial charge in [-0.05, 0) is 96.7 Å². The van der Waals surface area contributed by atoms with E-state index in [0.29, 0.717) is 43.2 Å². The van der Waals surface area contributed by atoms with E-state index in [1.807, 2.05) is 19.9 Å². The van der Waals surface area contributed by atoms with Gasteiger partial charge in [-0.3, -0.25) is 19.5 Å². The quantitative estimate of drug-likeness (QED) is 0.107. The topological polar surface area (TPSA) is 155 Å². The number of hydrogen-bond acceptors (Lipinski definition) is 11. The summed E-state index contributed by atoms with van der Waals surface area (Å²) in [5.74, 6) is 0.329. The first-order valence-electron chi connectivity index (χ1n) is 15.1. The van der Waals surface area contributed by atoms with Gasteiger partial charge in [-0.15, -0.1) is 0 Å². The minimum Gasteiger partial charge on any atom is -0.493 e. The minimum atomic E-state index is -0.904. The molecule has 2 heterocycles. The molecule has 1 aliphatic heterocycles. The first-order chi connectivity index (χ1) is 23.4. The molecule has 0 fully saturated rings. The molecular weight excluding hydrogens is 716 g/mol. The van der Waals surface area contributed by atoms with E-state index in [4.69, 9.17) is 24.2 Å². The van der Waals surface area contributed by atoms with Crippen molar-refractivity contribution in [3.05, 3.63) is 122 Å². The van der Waals surface area contributed by atoms with Crippen LogP contribution in [0.4, 0.5) is 5.69 Å². The number of rotatable bonds is 11. The van der Waals surface area contributed by atoms with Crippen LogP contribution in [0, 0.1) is 21.4 Å². The number of benzene rings is 3. The van der Waals surface area contributed by atoms with Gasteiger partial charge in [0.15, 0.2) is 16.3 Å². The Morgan fingerprint density at radius 1 is 1.18 bits per heavy atom. The Labute approximate surface area is 293 Å². The Morgan fingerprint density at radius 3 is 2.55 bits per heavy atom. The third-order valence-electron chi connectivity index (χ3n) is 7.39. The summed E-state index contributed by atoms with van der Waals surface area (Å²) in [6.07, 6.45) is 1.42. The third-order valence-corrected chi connectivity index (χ3v) is 8.96. The molecule has 0 unspecified atom stereocenters. The molecule has 0 saturated heterocycles. The second kappa shape index (κ2) is 14.9. The summed E-state index contributed by atoms with van der Waals surface area (Å²) >= 11 is 4.49. The second-order valence-electron chi connectivity index (χ2n) is 11.1. The zero-order valence-corrected chi connectivity index (χ0v) is 29.6. The standard InChI is InChI=1S/C35H31BrN4O8S/c1-6-46-34(42)30-20(4)38-35-39(31(30)24-11-12-27(48-19(2)3)28(16-24)45-5)33(41)29(49-35)15-23-13-25(36)32(26(14-23)40(43)44)47-18-22-9-7-21(17-37)8-10-22/h7-16,19,31H,6,18H2,1-5H3/b29-15+/t31-/m0/s1. The van der Waals surface area contributed by atoms with Crippen molar-refractivity contribution in [1.82, 2.24) is 4.57 Å². The number of esters is 1. The van der Waals surface area contributed by atoms with E-state index in [2.05, 4.69) is 20.9 Å². The van der Waals surface area contributed by atoms with Crippen LogP contribution in [0.3, 0.4) is 0 Å². The summed E-state index contributed by atoms with van der Waals surface area (Å²) in [6, 6.07) is 16.0. The Hall–Kier alpha value is -5.26. The van der Waals surface area contributed by atoms with Crippen LogP contribution in [0.2, 0.25) is 0 Å². The van der Waals surface area contributed by atoms with Crippen LogP contribution in [-0.2, 0) is 16.1 Å². The average molecular weight is 748 g/mol. The first-order valence-corrected chi connectivity index (χ1v) is 16.7. The SMILES string of the molecule is CCOC(=O)C1=C(C)N=c2s/c(=C/c3cc(Br)c(OCc4ccc(C#N)cc4)c([N+](=O)[O-])c3)c(=O)n2[C@H]1c1ccc(OC(C)C)c(OC)c1. The number of allylic oxidation sites excluding steroid dienone is 1. The number of hydrogen-bond donors (Lipinski definition) is 0. The lowest BCUT2D eigenvalue weighted by molar-refractivity contribution is -0.386. The molecule has 1 aliphatic rings. The molecule has 0 aliphatic carbocycles. The maximum absolute atomic E-state index is 14.1. The molecule has 252 valence electrons. The average Bonchev–Trinajstić information content (AvgIpc) is 3.37. The summed E-state index contributed by atoms with van der Waals surface area (Å²) < 4.78 is 24.7. The van der Waals surface area contributed by atoms with Crippen molar-refractivity contribution in [2.75, 3.05) is 13.7 Å². The van der Waals surface area contributed by atoms with Gasteiger partial charge in [0.25, 0.3) is 5.56 Å². The number of aromatic nitrogens is 1. The summed E-state index contributed by atoms with van der Waals surface area (Å²) in [5, 5.41) is 21.2. The molecule has 0 radical (unpaired) electrons. The molecule has 1 aromatic heterocycles. The van der Waals surface area contributed by atoms with Crippen LogP contribution in [0.1, 0.15) is 56.0 Å². The maximum atomic E-state index is 14.1. The Bertz CT molecular complexity index is 2200. The molecule has 49 heavy (non-hydrogen) atoms. The van der Waals surface area contributed by atoms with Gasteiger partial charge in [-0.25, -0.2) is 9.79 Å². The van der Waals surface area contributed by atoms with Gasteiger partial charge < -0.3 is 18.9 Å². The summed E-state index contributed by atoms with van der Waals surface area (Å²) in [4.78, 5) is 44.0. The molecule has 0 saturated carbocycles. The van der Waals surface area contributed by atoms with Gasteiger partial charge in [0, 0.05) is 6.07 Å². The highest BCUT2D eigenvalue weighted by Gasteiger charge is 2.34. The number of halogens is 1. The summed E-state index contributed by atoms with van der Waals surface area (Å²) in [6.45, 7) is 7.31. The van der Waals surface area contributed by atoms with Crippen LogP contribution in [0.5, 0.6) is 17.2 Å². The number of carbonyl (C=O) groups is 1. The Morgan fingerprint density at radius 2 is 1.92 bits per heavy atom. The number of nitro benzene ring substituents is 1. The van der Waals surface area contributed by atoms with E-state index in [0.717, 1.165) is 16.9 Å². The molecule has 14 heteroatoms. The monoisotopic (exact) mass is 746 g/mol. The van der Waals surface area contributed by atoms with E-state index in [1.54, 1.807) is 62.4 Å². The Balaban J connectivity index is 1.60. The molecule has 1 atom stereocenters. The molecular formula is C35H31BrN4O8S. The van der Waals surface area contributed by atoms with Gasteiger partial charge >= 0.3 is 11.7 Å². The van der Waals surface area contributed by atoms with Crippen LogP contribution < -0.4 is 29.1 Å². The van der Waals surface area contributed by atoms with Crippen molar-refractivity contribution in [1.29, 1.82) is 5.26 Å². The zero-order valence-electron chi connectivity index (χ0n) is 27.2. The van der Waals surface area contributed by atoms with E-state index in [9.17, 15) is 19.7 Å². The smallest absolute Gasteiger partial charge is 0.338 e. The molecule has 0 spiro atoms. The highest BCUT2D eigenvalue weighted by molar-refractivity contribution is 9.10. The first kappa shape index (κ1) is 35.1. The largest absolute Gasteiger partial charge is 0.493 e. The van der Waals surface area contributed by atoms with Gasteiger partial charge in [0.2, 0.25) is 5.75 Å². The fourth-order valence-corrected chi connectivity index (χ4v) is 6.88. The van der Waals surface area contributed by atoms with E-state index in [1.165, 1.54) is 23.8 Å². The van der Waals surface area contributed by atoms with Crippen molar-refractivity contribution in [3.8, 4) is 23.3 Å². The fraction of sp³-hybridized carbons (Fsp3) is 0.257. The van der Waals surface area contributed by atoms with Crippen molar-refractivity contribution < 1.29 is 28.7 Å². The molecule has 0 bridgehead atoms. The van der Waals surface area contributed by atoms with Gasteiger partial charge in [-0.1, -0.05) is 29.5 Å². The van der Waals surface area contributed by atoms with Crippen molar-refractivity contribution in [3.63, 3.8) is 0 Å². The van der Waals surface area contributed by atoms with Crippen molar-refractivity contribution >= 4 is 45.0 Å². The molecule has 3 aromatic carbocycles. The highest BCUT2D eigenvalue weighted by Crippen LogP contribution is 2.38. The van der Waals surface area contributed by atoms with E-state index >= 15 is 0 Å². The molecule has 0 amide bonds. The van der Waals surface area contributed by atoms with Crippen LogP contribution >= 0.6 is 27.3 Å². The van der Waals surface area contributed by atoms with Gasteiger partial charge in [0.05, 0.1) is 62.7 Å². The molecule has 4 aromatic rings. The number of carbonyl (C=O) groups excluding carboxylic acids is 1. The van der Waals surface area contributed by atoms with Gasteiger partial charge in [0.1, 0.15) is 6.61 Å². The number of fused-ring (bicyclic) bond motifs is 1. The maximum Gasteiger partial charge on any atom is 0.338 e. The lowest BCUT2D eigenvalue weighted by Crippen LogP contribution is -2.40. The van der Waals surface area contributed by atoms with E-state index < -0.39 is 22.5 Å². The normalized spacial score (nSPS) is 14.2. The Kier molecular flexibility index (Phi) is 10.6. The molecule has 0 N–H and O–H groups in total. The predicted molar refractivity (Wildman–Crippen MR) is 185 cm³/mol. The number of nitro groups is 1. The number of nitrogens with zero attached hydrogens (tertiary/aromatic N) is 4. The van der Waals surface area contributed by atoms with Crippen LogP contribution in [0.15, 0.2) is 80.1 Å². The number of methoxy groups -OCH3 is 1. The van der Waals surface area contributed by atoms with Crippen molar-refractivity contribution in [2.45, 2.75) is 46.4 Å². The van der Waals surface area contributed by atoms with Crippen LogP contribution in [0.25, 0.3) is 6.08 Å². The van der Waals surface area contributed by atoms with Crippen LogP contribution in [-0.4, -0.2) is 35.3 Å². The predicted octanol–water partition coefficient (Wildman–Crippen LogP) is 5.72. The third kappa shape index (κ3) is 7.43. The summed E-state index contributed by atoms with van der Waals surface area (Å²) in [7, 11) is 1.51. The lowest BCUT2D eigenvalue weighted by Gasteiger charge is -2.25. The van der Waals surface area contributed by atoms with E-state index in [-0.39, 0.29) is 40.9 Å². The number of nitriles is 1. The lowest BCUT2D eigenvalue weighted by atomic mass is 9.95. The summed E-state index contributed by atoms with van der Waals surface area (Å²) in [5.41, 5.74) is 1.96. The second-order valence-corrected chi connectivity index (χ2v) is 12.9. The van der Waals surface area contributed by atoms with Crippen molar-refractivity contribution in [2.24, 2.45) is 4.99 Å².